The lowest BCUT2D eigenvalue weighted by molar-refractivity contribution is 0.0696. The summed E-state index contributed by atoms with van der Waals surface area (Å²) < 4.78 is 20.4. The first-order valence-electron chi connectivity index (χ1n) is 9.99. The number of aromatic amines is 1. The molecular weight excluding hydrogens is 365 g/mol. The smallest absolute Gasteiger partial charge is 0.127 e. The van der Waals surface area contributed by atoms with Gasteiger partial charge < -0.3 is 14.3 Å². The number of likely N-dealkylation sites (N-methyl/N-ethyl adjacent to an activating group) is 1. The van der Waals surface area contributed by atoms with E-state index in [0.29, 0.717) is 6.54 Å². The molecule has 2 aromatic carbocycles. The van der Waals surface area contributed by atoms with E-state index in [1.807, 2.05) is 30.5 Å². The molecule has 1 fully saturated rings. The summed E-state index contributed by atoms with van der Waals surface area (Å²) in [6.45, 7) is 3.27. The third-order valence-electron chi connectivity index (χ3n) is 5.87. The zero-order valence-corrected chi connectivity index (χ0v) is 16.4. The molecule has 5 heteroatoms. The van der Waals surface area contributed by atoms with Gasteiger partial charge in [0.2, 0.25) is 0 Å². The minimum absolute atomic E-state index is 0.128. The first kappa shape index (κ1) is 18.2. The number of nitrogens with zero attached hydrogens (tertiary/aromatic N) is 2. The number of halogens is 1. The summed E-state index contributed by atoms with van der Waals surface area (Å²) >= 11 is 0. The number of rotatable bonds is 4. The van der Waals surface area contributed by atoms with E-state index in [1.54, 1.807) is 12.3 Å². The van der Waals surface area contributed by atoms with Crippen molar-refractivity contribution in [2.75, 3.05) is 26.7 Å². The van der Waals surface area contributed by atoms with Gasteiger partial charge in [0.25, 0.3) is 0 Å². The van der Waals surface area contributed by atoms with Crippen molar-refractivity contribution in [3.8, 4) is 11.1 Å². The molecule has 0 radical (unpaired) electrons. The van der Waals surface area contributed by atoms with E-state index < -0.39 is 0 Å². The summed E-state index contributed by atoms with van der Waals surface area (Å²) in [4.78, 5) is 7.83. The van der Waals surface area contributed by atoms with Gasteiger partial charge in [0, 0.05) is 43.5 Å². The number of benzene rings is 2. The maximum absolute atomic E-state index is 14.7. The summed E-state index contributed by atoms with van der Waals surface area (Å²) in [5, 5.41) is 1.16. The number of hydrogen-bond donors (Lipinski definition) is 1. The third kappa shape index (κ3) is 3.59. The zero-order chi connectivity index (χ0) is 19.8. The minimum atomic E-state index is -0.159. The average molecular weight is 389 g/mol. The molecule has 4 nitrogen and oxygen atoms in total. The van der Waals surface area contributed by atoms with Gasteiger partial charge in [-0.15, -0.1) is 0 Å². The van der Waals surface area contributed by atoms with Crippen LogP contribution in [0, 0.1) is 5.82 Å². The van der Waals surface area contributed by atoms with E-state index in [1.165, 1.54) is 0 Å². The highest BCUT2D eigenvalue weighted by Crippen LogP contribution is 2.30. The molecule has 1 atom stereocenters. The Hall–Kier alpha value is -2.89. The Balaban J connectivity index is 1.45. The maximum atomic E-state index is 14.7. The van der Waals surface area contributed by atoms with E-state index in [-0.39, 0.29) is 11.9 Å². The van der Waals surface area contributed by atoms with Gasteiger partial charge in [-0.05, 0) is 66.0 Å². The molecule has 0 bridgehead atoms. The Morgan fingerprint density at radius 3 is 2.79 bits per heavy atom. The van der Waals surface area contributed by atoms with Gasteiger partial charge in [-0.25, -0.2) is 4.39 Å². The topological polar surface area (TPSA) is 35.4 Å². The monoisotopic (exact) mass is 389 g/mol. The van der Waals surface area contributed by atoms with Gasteiger partial charge in [0.1, 0.15) is 11.6 Å². The maximum Gasteiger partial charge on any atom is 0.127 e. The molecule has 4 aromatic rings. The van der Waals surface area contributed by atoms with E-state index in [2.05, 4.69) is 46.1 Å². The van der Waals surface area contributed by atoms with Gasteiger partial charge in [-0.2, -0.15) is 0 Å². The second-order valence-corrected chi connectivity index (χ2v) is 7.85. The van der Waals surface area contributed by atoms with Gasteiger partial charge in [-0.3, -0.25) is 4.90 Å². The molecule has 1 aliphatic rings. The standard InChI is InChI=1S/C24H24FN3O/c1-27-10-11-28(23(16-27)24-3-2-12-29-24)15-20-14-17(4-6-21(20)25)18-5-7-22-19(13-18)8-9-26-22/h2-9,12-14,23,26H,10-11,15-16H2,1H3. The molecule has 1 aliphatic heterocycles. The fourth-order valence-corrected chi connectivity index (χ4v) is 4.22. The first-order chi connectivity index (χ1) is 14.2. The van der Waals surface area contributed by atoms with Crippen LogP contribution in [0.25, 0.3) is 22.0 Å². The highest BCUT2D eigenvalue weighted by Gasteiger charge is 2.29. The molecule has 3 heterocycles. The second-order valence-electron chi connectivity index (χ2n) is 7.85. The van der Waals surface area contributed by atoms with Crippen LogP contribution >= 0.6 is 0 Å². The Morgan fingerprint density at radius 1 is 1.07 bits per heavy atom. The second kappa shape index (κ2) is 7.50. The molecule has 5 rings (SSSR count). The lowest BCUT2D eigenvalue weighted by Gasteiger charge is -2.39. The predicted molar refractivity (Wildman–Crippen MR) is 113 cm³/mol. The number of piperazine rings is 1. The summed E-state index contributed by atoms with van der Waals surface area (Å²) in [6, 6.07) is 17.8. The molecule has 29 heavy (non-hydrogen) atoms. The van der Waals surface area contributed by atoms with Crippen LogP contribution in [-0.4, -0.2) is 41.5 Å². The summed E-state index contributed by atoms with van der Waals surface area (Å²) in [5.74, 6) is 0.777. The molecule has 0 saturated carbocycles. The van der Waals surface area contributed by atoms with Gasteiger partial charge in [0.15, 0.2) is 0 Å². The lowest BCUT2D eigenvalue weighted by atomic mass is 10.0. The van der Waals surface area contributed by atoms with Crippen LogP contribution in [0.5, 0.6) is 0 Å². The summed E-state index contributed by atoms with van der Waals surface area (Å²) in [5.41, 5.74) is 3.96. The van der Waals surface area contributed by atoms with Crippen LogP contribution in [-0.2, 0) is 6.54 Å². The lowest BCUT2D eigenvalue weighted by Crippen LogP contribution is -2.46. The van der Waals surface area contributed by atoms with Crippen LogP contribution in [0.1, 0.15) is 17.4 Å². The number of nitrogens with one attached hydrogen (secondary N) is 1. The zero-order valence-electron chi connectivity index (χ0n) is 16.4. The van der Waals surface area contributed by atoms with Crippen LogP contribution in [0.4, 0.5) is 4.39 Å². The number of hydrogen-bond acceptors (Lipinski definition) is 3. The quantitative estimate of drug-likeness (QED) is 0.530. The number of aromatic nitrogens is 1. The van der Waals surface area contributed by atoms with Gasteiger partial charge in [0.05, 0.1) is 12.3 Å². The van der Waals surface area contributed by atoms with Crippen LogP contribution in [0.2, 0.25) is 0 Å². The Morgan fingerprint density at radius 2 is 1.93 bits per heavy atom. The Bertz CT molecular complexity index is 1120. The molecule has 1 unspecified atom stereocenters. The fraction of sp³-hybridized carbons (Fsp3) is 0.250. The van der Waals surface area contributed by atoms with E-state index >= 15 is 0 Å². The summed E-state index contributed by atoms with van der Waals surface area (Å²) in [7, 11) is 2.12. The van der Waals surface area contributed by atoms with Gasteiger partial charge >= 0.3 is 0 Å². The van der Waals surface area contributed by atoms with E-state index in [0.717, 1.165) is 53.0 Å². The largest absolute Gasteiger partial charge is 0.468 e. The van der Waals surface area contributed by atoms with Crippen molar-refractivity contribution in [3.63, 3.8) is 0 Å². The van der Waals surface area contributed by atoms with Crippen LogP contribution in [0.15, 0.2) is 71.5 Å². The summed E-state index contributed by atoms with van der Waals surface area (Å²) in [6.07, 6.45) is 3.65. The molecule has 2 aromatic heterocycles. The predicted octanol–water partition coefficient (Wildman–Crippen LogP) is 5.06. The van der Waals surface area contributed by atoms with Crippen molar-refractivity contribution in [1.29, 1.82) is 0 Å². The molecule has 148 valence electrons. The molecule has 1 saturated heterocycles. The van der Waals surface area contributed by atoms with Crippen molar-refractivity contribution in [2.45, 2.75) is 12.6 Å². The molecular formula is C24H24FN3O. The molecule has 1 N–H and O–H groups in total. The minimum Gasteiger partial charge on any atom is -0.468 e. The first-order valence-corrected chi connectivity index (χ1v) is 9.99. The third-order valence-corrected chi connectivity index (χ3v) is 5.87. The van der Waals surface area contributed by atoms with Crippen molar-refractivity contribution in [3.05, 3.63) is 84.2 Å². The highest BCUT2D eigenvalue weighted by molar-refractivity contribution is 5.85. The Kier molecular flexibility index (Phi) is 4.70. The van der Waals surface area contributed by atoms with Crippen molar-refractivity contribution >= 4 is 10.9 Å². The molecule has 0 aliphatic carbocycles. The van der Waals surface area contributed by atoms with Gasteiger partial charge in [-0.1, -0.05) is 12.1 Å². The number of H-pyrrole nitrogens is 1. The highest BCUT2D eigenvalue weighted by atomic mass is 19.1. The number of furan rings is 1. The molecule has 0 spiro atoms. The van der Waals surface area contributed by atoms with Crippen molar-refractivity contribution < 1.29 is 8.81 Å². The molecule has 0 amide bonds. The van der Waals surface area contributed by atoms with Crippen molar-refractivity contribution in [2.24, 2.45) is 0 Å². The Labute approximate surface area is 169 Å². The number of fused-ring (bicyclic) bond motifs is 1. The van der Waals surface area contributed by atoms with Crippen molar-refractivity contribution in [1.82, 2.24) is 14.8 Å². The van der Waals surface area contributed by atoms with E-state index in [4.69, 9.17) is 4.42 Å². The fourth-order valence-electron chi connectivity index (χ4n) is 4.22. The van der Waals surface area contributed by atoms with Crippen LogP contribution in [0.3, 0.4) is 0 Å². The van der Waals surface area contributed by atoms with E-state index in [9.17, 15) is 4.39 Å². The SMILES string of the molecule is CN1CCN(Cc2cc(-c3ccc4[nH]ccc4c3)ccc2F)C(c2ccco2)C1. The normalized spacial score (nSPS) is 18.5. The van der Waals surface area contributed by atoms with Crippen LogP contribution < -0.4 is 0 Å². The average Bonchev–Trinajstić information content (AvgIpc) is 3.42.